The Balaban J connectivity index is 1.75. The standard InChI is InChI=1S/C29H33BO3/c1-28(2)29(3,4)33-30(32-28)27-24-14-10-9-13-23(24)25(21-15-17-22(31-5)18-16-21)19-26(27)20-11-7-6-8-12-20/h6-8,11-12,15-19H,9-10,13-14H2,1-5H3. The van der Waals surface area contributed by atoms with Gasteiger partial charge in [0.1, 0.15) is 5.75 Å². The van der Waals surface area contributed by atoms with Crippen molar-refractivity contribution in [2.45, 2.75) is 64.6 Å². The molecule has 1 heterocycles. The maximum Gasteiger partial charge on any atom is 0.495 e. The van der Waals surface area contributed by atoms with Crippen LogP contribution < -0.4 is 10.2 Å². The molecule has 0 aromatic heterocycles. The van der Waals surface area contributed by atoms with Crippen LogP contribution in [0.15, 0.2) is 60.7 Å². The van der Waals surface area contributed by atoms with Crippen molar-refractivity contribution in [3.63, 3.8) is 0 Å². The molecule has 0 unspecified atom stereocenters. The lowest BCUT2D eigenvalue weighted by Crippen LogP contribution is -2.41. The summed E-state index contributed by atoms with van der Waals surface area (Å²) >= 11 is 0. The average molecular weight is 440 g/mol. The average Bonchev–Trinajstić information content (AvgIpc) is 3.05. The van der Waals surface area contributed by atoms with E-state index in [2.05, 4.69) is 88.4 Å². The Hall–Kier alpha value is -2.56. The van der Waals surface area contributed by atoms with Gasteiger partial charge in [-0.2, -0.15) is 0 Å². The fourth-order valence-electron chi connectivity index (χ4n) is 5.09. The highest BCUT2D eigenvalue weighted by Crippen LogP contribution is 2.41. The summed E-state index contributed by atoms with van der Waals surface area (Å²) < 4.78 is 18.6. The van der Waals surface area contributed by atoms with Crippen molar-refractivity contribution >= 4 is 12.6 Å². The second-order valence-electron chi connectivity index (χ2n) is 10.2. The molecule has 5 rings (SSSR count). The summed E-state index contributed by atoms with van der Waals surface area (Å²) in [6.07, 6.45) is 4.54. The summed E-state index contributed by atoms with van der Waals surface area (Å²) in [6.45, 7) is 8.53. The van der Waals surface area contributed by atoms with Crippen molar-refractivity contribution in [3.05, 3.63) is 71.8 Å². The fraction of sp³-hybridized carbons (Fsp3) is 0.379. The highest BCUT2D eigenvalue weighted by atomic mass is 16.7. The lowest BCUT2D eigenvalue weighted by atomic mass is 9.66. The molecule has 4 heteroatoms. The number of rotatable bonds is 4. The van der Waals surface area contributed by atoms with Gasteiger partial charge in [0.25, 0.3) is 0 Å². The van der Waals surface area contributed by atoms with Crippen molar-refractivity contribution in [1.82, 2.24) is 0 Å². The van der Waals surface area contributed by atoms with Gasteiger partial charge in [-0.1, -0.05) is 42.5 Å². The van der Waals surface area contributed by atoms with E-state index < -0.39 is 0 Å². The normalized spacial score (nSPS) is 18.8. The summed E-state index contributed by atoms with van der Waals surface area (Å²) in [5.74, 6) is 0.879. The molecule has 1 aliphatic heterocycles. The van der Waals surface area contributed by atoms with E-state index in [9.17, 15) is 0 Å². The van der Waals surface area contributed by atoms with Crippen LogP contribution in [0.4, 0.5) is 0 Å². The van der Waals surface area contributed by atoms with Gasteiger partial charge in [-0.25, -0.2) is 0 Å². The number of fused-ring (bicyclic) bond motifs is 1. The zero-order valence-electron chi connectivity index (χ0n) is 20.4. The Morgan fingerprint density at radius 1 is 0.727 bits per heavy atom. The molecule has 3 aromatic carbocycles. The Morgan fingerprint density at radius 2 is 1.30 bits per heavy atom. The highest BCUT2D eigenvalue weighted by Gasteiger charge is 2.53. The first kappa shape index (κ1) is 22.2. The third-order valence-electron chi connectivity index (χ3n) is 7.67. The predicted octanol–water partition coefficient (Wildman–Crippen LogP) is 6.21. The summed E-state index contributed by atoms with van der Waals surface area (Å²) in [7, 11) is 1.34. The molecule has 0 saturated carbocycles. The molecular formula is C29H33BO3. The molecule has 0 atom stereocenters. The smallest absolute Gasteiger partial charge is 0.495 e. The lowest BCUT2D eigenvalue weighted by Gasteiger charge is -2.32. The van der Waals surface area contributed by atoms with Crippen LogP contribution in [0.25, 0.3) is 22.3 Å². The third kappa shape index (κ3) is 3.90. The molecule has 1 saturated heterocycles. The van der Waals surface area contributed by atoms with Gasteiger partial charge in [0, 0.05) is 0 Å². The second-order valence-corrected chi connectivity index (χ2v) is 10.2. The SMILES string of the molecule is COc1ccc(-c2cc(-c3ccccc3)c(B3OC(C)(C)C(C)(C)O3)c3c2CCCC3)cc1. The summed E-state index contributed by atoms with van der Waals surface area (Å²) in [4.78, 5) is 0. The largest absolute Gasteiger partial charge is 0.497 e. The van der Waals surface area contributed by atoms with Crippen molar-refractivity contribution < 1.29 is 14.0 Å². The molecule has 2 aliphatic rings. The van der Waals surface area contributed by atoms with Gasteiger partial charge in [0.15, 0.2) is 0 Å². The van der Waals surface area contributed by atoms with Crippen LogP contribution in [0, 0.1) is 0 Å². The zero-order chi connectivity index (χ0) is 23.2. The number of hydrogen-bond acceptors (Lipinski definition) is 3. The van der Waals surface area contributed by atoms with Gasteiger partial charge in [-0.05, 0) is 110 Å². The quantitative estimate of drug-likeness (QED) is 0.452. The minimum atomic E-state index is -0.373. The van der Waals surface area contributed by atoms with E-state index in [0.29, 0.717) is 0 Å². The van der Waals surface area contributed by atoms with Crippen LogP contribution in [0.1, 0.15) is 51.7 Å². The number of benzene rings is 3. The number of methoxy groups -OCH3 is 1. The lowest BCUT2D eigenvalue weighted by molar-refractivity contribution is 0.00578. The van der Waals surface area contributed by atoms with Crippen LogP contribution in [0.3, 0.4) is 0 Å². The van der Waals surface area contributed by atoms with Gasteiger partial charge >= 0.3 is 7.12 Å². The maximum absolute atomic E-state index is 6.62. The molecule has 0 amide bonds. The molecular weight excluding hydrogens is 407 g/mol. The van der Waals surface area contributed by atoms with E-state index in [0.717, 1.165) is 18.6 Å². The first-order chi connectivity index (χ1) is 15.8. The van der Waals surface area contributed by atoms with Gasteiger partial charge in [-0.15, -0.1) is 0 Å². The molecule has 0 radical (unpaired) electrons. The number of hydrogen-bond donors (Lipinski definition) is 0. The van der Waals surface area contributed by atoms with Crippen molar-refractivity contribution in [1.29, 1.82) is 0 Å². The molecule has 33 heavy (non-hydrogen) atoms. The topological polar surface area (TPSA) is 27.7 Å². The Morgan fingerprint density at radius 3 is 1.91 bits per heavy atom. The third-order valence-corrected chi connectivity index (χ3v) is 7.67. The van der Waals surface area contributed by atoms with Crippen LogP contribution in [-0.4, -0.2) is 25.4 Å². The monoisotopic (exact) mass is 440 g/mol. The predicted molar refractivity (Wildman–Crippen MR) is 136 cm³/mol. The minimum absolute atomic E-state index is 0.373. The van der Waals surface area contributed by atoms with E-state index in [1.807, 2.05) is 0 Å². The van der Waals surface area contributed by atoms with Gasteiger partial charge < -0.3 is 14.0 Å². The Labute approximate surface area is 198 Å². The molecule has 1 aliphatic carbocycles. The molecule has 0 spiro atoms. The van der Waals surface area contributed by atoms with Crippen LogP contribution in [0.5, 0.6) is 5.75 Å². The Bertz CT molecular complexity index is 1130. The molecule has 1 fully saturated rings. The zero-order valence-corrected chi connectivity index (χ0v) is 20.4. The van der Waals surface area contributed by atoms with E-state index in [-0.39, 0.29) is 18.3 Å². The van der Waals surface area contributed by atoms with Crippen molar-refractivity contribution in [2.24, 2.45) is 0 Å². The van der Waals surface area contributed by atoms with Gasteiger partial charge in [0.2, 0.25) is 0 Å². The van der Waals surface area contributed by atoms with Crippen LogP contribution in [-0.2, 0) is 22.2 Å². The summed E-state index contributed by atoms with van der Waals surface area (Å²) in [5, 5.41) is 0. The molecule has 170 valence electrons. The van der Waals surface area contributed by atoms with E-state index in [1.165, 1.54) is 51.7 Å². The summed E-state index contributed by atoms with van der Waals surface area (Å²) in [6, 6.07) is 21.5. The van der Waals surface area contributed by atoms with Crippen molar-refractivity contribution in [2.75, 3.05) is 7.11 Å². The van der Waals surface area contributed by atoms with Gasteiger partial charge in [-0.3, -0.25) is 0 Å². The first-order valence-corrected chi connectivity index (χ1v) is 12.0. The molecule has 0 bridgehead atoms. The molecule has 0 N–H and O–H groups in total. The highest BCUT2D eigenvalue weighted by molar-refractivity contribution is 6.64. The van der Waals surface area contributed by atoms with Crippen molar-refractivity contribution in [3.8, 4) is 28.0 Å². The number of ether oxygens (including phenoxy) is 1. The van der Waals surface area contributed by atoms with Crippen LogP contribution in [0.2, 0.25) is 0 Å². The van der Waals surface area contributed by atoms with E-state index in [4.69, 9.17) is 14.0 Å². The first-order valence-electron chi connectivity index (χ1n) is 12.0. The second kappa shape index (κ2) is 8.34. The summed E-state index contributed by atoms with van der Waals surface area (Å²) in [5.41, 5.74) is 8.27. The molecule has 3 aromatic rings. The minimum Gasteiger partial charge on any atom is -0.497 e. The Kier molecular flexibility index (Phi) is 5.62. The van der Waals surface area contributed by atoms with E-state index in [1.54, 1.807) is 7.11 Å². The van der Waals surface area contributed by atoms with Gasteiger partial charge in [0.05, 0.1) is 18.3 Å². The fourth-order valence-corrected chi connectivity index (χ4v) is 5.09. The molecule has 3 nitrogen and oxygen atoms in total. The van der Waals surface area contributed by atoms with Crippen LogP contribution >= 0.6 is 0 Å². The maximum atomic E-state index is 6.62. The van der Waals surface area contributed by atoms with E-state index >= 15 is 0 Å².